The van der Waals surface area contributed by atoms with Crippen molar-refractivity contribution in [3.63, 3.8) is 0 Å². The third kappa shape index (κ3) is 10.8. The molecule has 10 nitrogen and oxygen atoms in total. The highest BCUT2D eigenvalue weighted by molar-refractivity contribution is 5.81. The predicted octanol–water partition coefficient (Wildman–Crippen LogP) is 2.48. The predicted molar refractivity (Wildman–Crippen MR) is 116 cm³/mol. The molecule has 2 unspecified atom stereocenters. The minimum absolute atomic E-state index is 0.0506. The molecule has 0 bridgehead atoms. The lowest BCUT2D eigenvalue weighted by atomic mass is 9.62. The maximum absolute atomic E-state index is 12.1. The van der Waals surface area contributed by atoms with Crippen molar-refractivity contribution in [3.8, 4) is 0 Å². The SMILES string of the molecule is C=CC(=O)OCCOC(=O)NCC1(C)CC(NC(=O)OCCOC(=O)C=C)CC(C)(C)C1. The minimum atomic E-state index is -0.609. The van der Waals surface area contributed by atoms with E-state index in [1.54, 1.807) is 0 Å². The quantitative estimate of drug-likeness (QED) is 0.211. The van der Waals surface area contributed by atoms with Gasteiger partial charge in [-0.05, 0) is 30.1 Å². The van der Waals surface area contributed by atoms with Crippen LogP contribution in [0.1, 0.15) is 40.0 Å². The van der Waals surface area contributed by atoms with Crippen molar-refractivity contribution >= 4 is 24.1 Å². The highest BCUT2D eigenvalue weighted by Crippen LogP contribution is 2.45. The zero-order valence-corrected chi connectivity index (χ0v) is 19.1. The molecule has 2 atom stereocenters. The first-order valence-electron chi connectivity index (χ1n) is 10.4. The van der Waals surface area contributed by atoms with E-state index in [2.05, 4.69) is 37.6 Å². The summed E-state index contributed by atoms with van der Waals surface area (Å²) in [7, 11) is 0. The molecule has 10 heteroatoms. The highest BCUT2D eigenvalue weighted by Gasteiger charge is 2.42. The summed E-state index contributed by atoms with van der Waals surface area (Å²) in [5, 5.41) is 5.60. The van der Waals surface area contributed by atoms with E-state index in [0.717, 1.165) is 25.0 Å². The Morgan fingerprint density at radius 2 is 1.34 bits per heavy atom. The van der Waals surface area contributed by atoms with E-state index in [0.29, 0.717) is 13.0 Å². The smallest absolute Gasteiger partial charge is 0.407 e. The third-order valence-corrected chi connectivity index (χ3v) is 4.88. The molecule has 0 spiro atoms. The van der Waals surface area contributed by atoms with Gasteiger partial charge in [-0.1, -0.05) is 33.9 Å². The molecule has 0 aromatic heterocycles. The zero-order chi connectivity index (χ0) is 24.2. The van der Waals surface area contributed by atoms with Gasteiger partial charge in [0.25, 0.3) is 0 Å². The summed E-state index contributed by atoms with van der Waals surface area (Å²) in [6.45, 7) is 12.9. The molecule has 0 aliphatic heterocycles. The second kappa shape index (κ2) is 12.7. The largest absolute Gasteiger partial charge is 0.459 e. The van der Waals surface area contributed by atoms with Gasteiger partial charge in [0.2, 0.25) is 0 Å². The Kier molecular flexibility index (Phi) is 10.7. The number of carbonyl (C=O) groups is 4. The lowest BCUT2D eigenvalue weighted by molar-refractivity contribution is -0.139. The number of hydrogen-bond donors (Lipinski definition) is 2. The Balaban J connectivity index is 2.46. The van der Waals surface area contributed by atoms with Gasteiger partial charge in [-0.3, -0.25) is 0 Å². The fourth-order valence-corrected chi connectivity index (χ4v) is 4.09. The van der Waals surface area contributed by atoms with E-state index >= 15 is 0 Å². The second-order valence-electron chi connectivity index (χ2n) is 8.77. The molecule has 1 aliphatic carbocycles. The molecule has 1 fully saturated rings. The van der Waals surface area contributed by atoms with E-state index in [4.69, 9.17) is 18.9 Å². The van der Waals surface area contributed by atoms with Crippen molar-refractivity contribution in [1.82, 2.24) is 10.6 Å². The normalized spacial score (nSPS) is 21.4. The van der Waals surface area contributed by atoms with Crippen LogP contribution < -0.4 is 10.6 Å². The van der Waals surface area contributed by atoms with Crippen LogP contribution in [0.25, 0.3) is 0 Å². The maximum atomic E-state index is 12.1. The molecule has 0 aromatic carbocycles. The molecule has 1 aliphatic rings. The van der Waals surface area contributed by atoms with Crippen molar-refractivity contribution in [2.24, 2.45) is 10.8 Å². The van der Waals surface area contributed by atoms with E-state index in [9.17, 15) is 19.2 Å². The zero-order valence-electron chi connectivity index (χ0n) is 19.1. The van der Waals surface area contributed by atoms with Crippen molar-refractivity contribution in [2.75, 3.05) is 33.0 Å². The van der Waals surface area contributed by atoms with Crippen LogP contribution in [0.5, 0.6) is 0 Å². The van der Waals surface area contributed by atoms with Crippen LogP contribution in [0.2, 0.25) is 0 Å². The molecular formula is C22H34N2O8. The van der Waals surface area contributed by atoms with Gasteiger partial charge < -0.3 is 29.6 Å². The number of alkyl carbamates (subject to hydrolysis) is 2. The molecule has 1 saturated carbocycles. The van der Waals surface area contributed by atoms with Crippen LogP contribution in [-0.4, -0.2) is 63.1 Å². The Bertz CT molecular complexity index is 706. The standard InChI is InChI=1S/C22H34N2O8/c1-6-17(25)29-8-10-31-19(27)23-15-22(5)13-16(12-21(3,4)14-22)24-20(28)32-11-9-30-18(26)7-2/h6-7,16H,1-2,8-15H2,3-5H3,(H,23,27)(H,24,28). The Morgan fingerprint density at radius 1 is 0.844 bits per heavy atom. The molecule has 0 saturated heterocycles. The summed E-state index contributed by atoms with van der Waals surface area (Å²) in [5.74, 6) is -1.16. The number of rotatable bonds is 11. The lowest BCUT2D eigenvalue weighted by Crippen LogP contribution is -2.50. The average molecular weight is 455 g/mol. The summed E-state index contributed by atoms with van der Waals surface area (Å²) in [4.78, 5) is 46.0. The third-order valence-electron chi connectivity index (χ3n) is 4.88. The number of amides is 2. The van der Waals surface area contributed by atoms with Crippen LogP contribution in [0, 0.1) is 10.8 Å². The topological polar surface area (TPSA) is 129 Å². The lowest BCUT2D eigenvalue weighted by Gasteiger charge is -2.46. The van der Waals surface area contributed by atoms with Crippen LogP contribution in [-0.2, 0) is 28.5 Å². The first kappa shape index (κ1) is 27.0. The van der Waals surface area contributed by atoms with Crippen molar-refractivity contribution in [2.45, 2.75) is 46.1 Å². The van der Waals surface area contributed by atoms with Crippen molar-refractivity contribution in [1.29, 1.82) is 0 Å². The van der Waals surface area contributed by atoms with Crippen LogP contribution in [0.3, 0.4) is 0 Å². The maximum Gasteiger partial charge on any atom is 0.407 e. The van der Waals surface area contributed by atoms with Gasteiger partial charge in [0, 0.05) is 24.7 Å². The molecule has 1 rings (SSSR count). The van der Waals surface area contributed by atoms with E-state index in [1.165, 1.54) is 0 Å². The van der Waals surface area contributed by atoms with Gasteiger partial charge in [0.1, 0.15) is 26.4 Å². The number of hydrogen-bond acceptors (Lipinski definition) is 8. The van der Waals surface area contributed by atoms with Gasteiger partial charge in [-0.2, -0.15) is 0 Å². The molecule has 32 heavy (non-hydrogen) atoms. The Morgan fingerprint density at radius 3 is 1.88 bits per heavy atom. The Labute approximate surface area is 188 Å². The van der Waals surface area contributed by atoms with Crippen LogP contribution in [0.4, 0.5) is 9.59 Å². The molecule has 0 radical (unpaired) electrons. The number of carbonyl (C=O) groups excluding carboxylic acids is 4. The molecule has 2 N–H and O–H groups in total. The number of ether oxygens (including phenoxy) is 4. The number of nitrogens with one attached hydrogen (secondary N) is 2. The van der Waals surface area contributed by atoms with Crippen LogP contribution in [0.15, 0.2) is 25.3 Å². The fourth-order valence-electron chi connectivity index (χ4n) is 4.09. The first-order chi connectivity index (χ1) is 15.0. The summed E-state index contributed by atoms with van der Waals surface area (Å²) in [6.07, 6.45) is 3.09. The summed E-state index contributed by atoms with van der Waals surface area (Å²) < 4.78 is 19.6. The molecule has 0 aromatic rings. The van der Waals surface area contributed by atoms with Gasteiger partial charge in [0.15, 0.2) is 0 Å². The molecule has 0 heterocycles. The molecular weight excluding hydrogens is 420 g/mol. The van der Waals surface area contributed by atoms with E-state index in [1.807, 2.05) is 6.92 Å². The van der Waals surface area contributed by atoms with Gasteiger partial charge in [0.05, 0.1) is 0 Å². The summed E-state index contributed by atoms with van der Waals surface area (Å²) in [6, 6.07) is -0.150. The van der Waals surface area contributed by atoms with Gasteiger partial charge >= 0.3 is 24.1 Å². The van der Waals surface area contributed by atoms with E-state index in [-0.39, 0.29) is 43.3 Å². The molecule has 2 amide bonds. The van der Waals surface area contributed by atoms with Gasteiger partial charge in [-0.15, -0.1) is 0 Å². The fraction of sp³-hybridized carbons (Fsp3) is 0.636. The summed E-state index contributed by atoms with van der Waals surface area (Å²) >= 11 is 0. The van der Waals surface area contributed by atoms with E-state index < -0.39 is 24.1 Å². The first-order valence-corrected chi connectivity index (χ1v) is 10.4. The summed E-state index contributed by atoms with van der Waals surface area (Å²) in [5.41, 5.74) is -0.359. The monoisotopic (exact) mass is 454 g/mol. The molecule has 180 valence electrons. The van der Waals surface area contributed by atoms with Crippen molar-refractivity contribution in [3.05, 3.63) is 25.3 Å². The van der Waals surface area contributed by atoms with Crippen LogP contribution >= 0.6 is 0 Å². The average Bonchev–Trinajstić information content (AvgIpc) is 2.71. The second-order valence-corrected chi connectivity index (χ2v) is 8.77. The Hall–Kier alpha value is -3.04. The van der Waals surface area contributed by atoms with Gasteiger partial charge in [-0.25, -0.2) is 19.2 Å². The minimum Gasteiger partial charge on any atom is -0.459 e. The highest BCUT2D eigenvalue weighted by atomic mass is 16.6. The number of esters is 2. The van der Waals surface area contributed by atoms with Crippen molar-refractivity contribution < 1.29 is 38.1 Å².